The number of hydrogen-bond acceptors (Lipinski definition) is 5. The number of aromatic nitrogens is 1. The molecule has 5 nitrogen and oxygen atoms in total. The summed E-state index contributed by atoms with van der Waals surface area (Å²) < 4.78 is 5.57. The lowest BCUT2D eigenvalue weighted by atomic mass is 9.93. The average Bonchev–Trinajstić information content (AvgIpc) is 3.17. The summed E-state index contributed by atoms with van der Waals surface area (Å²) in [7, 11) is 0. The van der Waals surface area contributed by atoms with E-state index in [-0.39, 0.29) is 25.6 Å². The molecule has 0 saturated heterocycles. The van der Waals surface area contributed by atoms with Crippen molar-refractivity contribution in [2.24, 2.45) is 5.73 Å². The molecule has 4 N–H and O–H groups in total. The van der Waals surface area contributed by atoms with E-state index in [2.05, 4.69) is 4.98 Å². The first-order valence-corrected chi connectivity index (χ1v) is 8.72. The van der Waals surface area contributed by atoms with Crippen molar-refractivity contribution in [3.8, 4) is 22.7 Å². The van der Waals surface area contributed by atoms with E-state index in [0.29, 0.717) is 23.8 Å². The van der Waals surface area contributed by atoms with Crippen molar-refractivity contribution in [1.82, 2.24) is 4.98 Å². The van der Waals surface area contributed by atoms with Gasteiger partial charge >= 0.3 is 0 Å². The van der Waals surface area contributed by atoms with Crippen LogP contribution in [0.3, 0.4) is 0 Å². The quantitative estimate of drug-likeness (QED) is 0.554. The third kappa shape index (κ3) is 5.31. The number of hydrogen-bond donors (Lipinski definition) is 3. The van der Waals surface area contributed by atoms with E-state index >= 15 is 0 Å². The smallest absolute Gasteiger partial charge is 0.226 e. The largest absolute Gasteiger partial charge is 0.444 e. The first-order chi connectivity index (χ1) is 12.5. The minimum Gasteiger partial charge on any atom is -0.444 e. The molecule has 0 amide bonds. The Morgan fingerprint density at radius 1 is 0.963 bits per heavy atom. The van der Waals surface area contributed by atoms with E-state index < -0.39 is 5.54 Å². The van der Waals surface area contributed by atoms with Crippen LogP contribution in [0.4, 0.5) is 0 Å². The van der Waals surface area contributed by atoms with Crippen molar-refractivity contribution in [2.45, 2.75) is 18.4 Å². The normalized spacial score (nSPS) is 11.3. The summed E-state index contributed by atoms with van der Waals surface area (Å²) in [4.78, 5) is 4.53. The number of rotatable bonds is 7. The zero-order valence-corrected chi connectivity index (χ0v) is 16.2. The fourth-order valence-electron chi connectivity index (χ4n) is 2.57. The summed E-state index contributed by atoms with van der Waals surface area (Å²) in [6.07, 6.45) is 2.80. The van der Waals surface area contributed by atoms with Crippen LogP contribution >= 0.6 is 24.0 Å². The van der Waals surface area contributed by atoms with Gasteiger partial charge in [0.15, 0.2) is 0 Å². The summed E-state index contributed by atoms with van der Waals surface area (Å²) in [6, 6.07) is 15.2. The van der Waals surface area contributed by atoms with Gasteiger partial charge in [-0.3, -0.25) is 0 Å². The van der Waals surface area contributed by atoms with Gasteiger partial charge in [-0.05, 0) is 42.7 Å². The summed E-state index contributed by atoms with van der Waals surface area (Å²) in [5, 5.41) is 19.2. The van der Waals surface area contributed by atoms with E-state index in [4.69, 9.17) is 21.8 Å². The highest BCUT2D eigenvalue weighted by Crippen LogP contribution is 2.26. The van der Waals surface area contributed by atoms with Gasteiger partial charge in [-0.15, -0.1) is 12.4 Å². The van der Waals surface area contributed by atoms with Gasteiger partial charge in [-0.25, -0.2) is 4.98 Å². The molecule has 0 radical (unpaired) electrons. The highest BCUT2D eigenvalue weighted by atomic mass is 35.5. The van der Waals surface area contributed by atoms with Gasteiger partial charge < -0.3 is 20.4 Å². The van der Waals surface area contributed by atoms with Crippen LogP contribution in [0.1, 0.15) is 12.0 Å². The molecule has 0 aliphatic carbocycles. The highest BCUT2D eigenvalue weighted by molar-refractivity contribution is 6.30. The van der Waals surface area contributed by atoms with E-state index in [9.17, 15) is 10.2 Å². The molecule has 7 heteroatoms. The number of benzene rings is 2. The van der Waals surface area contributed by atoms with Crippen molar-refractivity contribution in [2.75, 3.05) is 13.2 Å². The van der Waals surface area contributed by atoms with Gasteiger partial charge in [0.2, 0.25) is 5.89 Å². The predicted molar refractivity (Wildman–Crippen MR) is 109 cm³/mol. The van der Waals surface area contributed by atoms with E-state index in [1.807, 2.05) is 36.4 Å². The lowest BCUT2D eigenvalue weighted by molar-refractivity contribution is 0.115. The molecule has 0 saturated carbocycles. The molecule has 2 aromatic carbocycles. The number of aliphatic hydroxyl groups excluding tert-OH is 2. The van der Waals surface area contributed by atoms with Crippen molar-refractivity contribution >= 4 is 24.0 Å². The molecule has 0 aliphatic rings. The van der Waals surface area contributed by atoms with Crippen LogP contribution in [-0.4, -0.2) is 33.9 Å². The van der Waals surface area contributed by atoms with Crippen LogP contribution in [0.5, 0.6) is 0 Å². The lowest BCUT2D eigenvalue weighted by Crippen LogP contribution is -2.47. The van der Waals surface area contributed by atoms with E-state index in [1.54, 1.807) is 18.4 Å². The van der Waals surface area contributed by atoms with Crippen LogP contribution < -0.4 is 5.73 Å². The Bertz CT molecular complexity index is 844. The summed E-state index contributed by atoms with van der Waals surface area (Å²) in [5.74, 6) is 0.541. The van der Waals surface area contributed by atoms with Gasteiger partial charge in [0.25, 0.3) is 0 Å². The molecular weight excluding hydrogens is 387 g/mol. The fourth-order valence-corrected chi connectivity index (χ4v) is 2.70. The predicted octanol–water partition coefficient (Wildman–Crippen LogP) is 3.70. The van der Waals surface area contributed by atoms with Crippen molar-refractivity contribution < 1.29 is 14.6 Å². The molecule has 1 aromatic heterocycles. The Hall–Kier alpha value is -1.89. The first-order valence-electron chi connectivity index (χ1n) is 8.34. The molecule has 0 fully saturated rings. The maximum atomic E-state index is 9.26. The van der Waals surface area contributed by atoms with Crippen molar-refractivity contribution in [3.05, 3.63) is 65.4 Å². The number of nitrogens with zero attached hydrogens (tertiary/aromatic N) is 1. The first kappa shape index (κ1) is 21.4. The minimum atomic E-state index is -0.946. The Morgan fingerprint density at radius 3 is 2.15 bits per heavy atom. The summed E-state index contributed by atoms with van der Waals surface area (Å²) in [5.41, 5.74) is 8.59. The molecular formula is C20H22Cl2N2O3. The van der Waals surface area contributed by atoms with Crippen LogP contribution in [0.25, 0.3) is 22.7 Å². The third-order valence-corrected chi connectivity index (χ3v) is 4.64. The topological polar surface area (TPSA) is 92.5 Å². The third-order valence-electron chi connectivity index (χ3n) is 4.39. The second-order valence-corrected chi connectivity index (χ2v) is 6.86. The lowest BCUT2D eigenvalue weighted by Gasteiger charge is -2.24. The summed E-state index contributed by atoms with van der Waals surface area (Å²) in [6.45, 7) is -0.484. The molecule has 27 heavy (non-hydrogen) atoms. The number of aliphatic hydroxyl groups is 2. The van der Waals surface area contributed by atoms with Crippen molar-refractivity contribution in [3.63, 3.8) is 0 Å². The van der Waals surface area contributed by atoms with Gasteiger partial charge in [0, 0.05) is 16.1 Å². The zero-order valence-electron chi connectivity index (χ0n) is 14.6. The molecule has 0 aliphatic heterocycles. The molecule has 3 rings (SSSR count). The summed E-state index contributed by atoms with van der Waals surface area (Å²) >= 11 is 5.90. The van der Waals surface area contributed by atoms with Gasteiger partial charge in [0.05, 0.1) is 18.8 Å². The Labute approximate surface area is 169 Å². The number of oxazole rings is 1. The highest BCUT2D eigenvalue weighted by Gasteiger charge is 2.22. The number of halogens is 2. The van der Waals surface area contributed by atoms with Gasteiger partial charge in [-0.2, -0.15) is 0 Å². The monoisotopic (exact) mass is 408 g/mol. The maximum absolute atomic E-state index is 9.26. The zero-order chi connectivity index (χ0) is 18.6. The Morgan fingerprint density at radius 2 is 1.56 bits per heavy atom. The average molecular weight is 409 g/mol. The van der Waals surface area contributed by atoms with Crippen molar-refractivity contribution in [1.29, 1.82) is 0 Å². The van der Waals surface area contributed by atoms with Crippen LogP contribution in [0.2, 0.25) is 5.02 Å². The molecule has 1 heterocycles. The molecule has 0 spiro atoms. The number of nitrogens with two attached hydrogens (primary N) is 1. The Kier molecular flexibility index (Phi) is 7.41. The maximum Gasteiger partial charge on any atom is 0.226 e. The van der Waals surface area contributed by atoms with Crippen LogP contribution in [0.15, 0.2) is 59.2 Å². The van der Waals surface area contributed by atoms with Gasteiger partial charge in [0.1, 0.15) is 12.0 Å². The number of aryl methyl sites for hydroxylation is 1. The molecule has 144 valence electrons. The standard InChI is InChI=1S/C20H21ClN2O3.ClH/c21-17-7-5-16(6-8-17)19-23-18(11-26-19)15-3-1-14(2-4-15)9-10-20(22,12-24)13-25;/h1-8,11,24-25H,9-10,12-13,22H2;1H. The van der Waals surface area contributed by atoms with E-state index in [1.165, 1.54) is 0 Å². The SMILES string of the molecule is Cl.NC(CO)(CO)CCc1ccc(-c2coc(-c3ccc(Cl)cc3)n2)cc1. The molecule has 3 aromatic rings. The van der Waals surface area contributed by atoms with Gasteiger partial charge in [-0.1, -0.05) is 35.9 Å². The fraction of sp³-hybridized carbons (Fsp3) is 0.250. The Balaban J connectivity index is 0.00000261. The molecule has 0 unspecified atom stereocenters. The molecule has 0 bridgehead atoms. The van der Waals surface area contributed by atoms with Crippen LogP contribution in [0, 0.1) is 0 Å². The minimum absolute atomic E-state index is 0. The molecule has 0 atom stereocenters. The van der Waals surface area contributed by atoms with E-state index in [0.717, 1.165) is 22.4 Å². The van der Waals surface area contributed by atoms with Crippen LogP contribution in [-0.2, 0) is 6.42 Å². The second kappa shape index (κ2) is 9.35. The second-order valence-electron chi connectivity index (χ2n) is 6.42.